The highest BCUT2D eigenvalue weighted by Crippen LogP contribution is 1.99. The third-order valence-corrected chi connectivity index (χ3v) is 1.90. The van der Waals surface area contributed by atoms with Gasteiger partial charge in [0.2, 0.25) is 0 Å². The van der Waals surface area contributed by atoms with Crippen molar-refractivity contribution < 1.29 is 42.8 Å². The van der Waals surface area contributed by atoms with Crippen LogP contribution in [0.4, 0.5) is 14.4 Å². The van der Waals surface area contributed by atoms with E-state index in [2.05, 4.69) is 18.9 Å². The zero-order valence-corrected chi connectivity index (χ0v) is 12.5. The fourth-order valence-corrected chi connectivity index (χ4v) is 1.01. The summed E-state index contributed by atoms with van der Waals surface area (Å²) in [4.78, 5) is 33.0. The molecular weight excluding hydrogens is 288 g/mol. The lowest BCUT2D eigenvalue weighted by Gasteiger charge is -2.14. The maximum absolute atomic E-state index is 11.2. The van der Waals surface area contributed by atoms with Gasteiger partial charge in [0.1, 0.15) is 25.4 Å². The Morgan fingerprint density at radius 1 is 0.810 bits per heavy atom. The largest absolute Gasteiger partial charge is 0.508 e. The van der Waals surface area contributed by atoms with E-state index in [9.17, 15) is 14.4 Å². The Morgan fingerprint density at radius 3 is 1.71 bits per heavy atom. The minimum absolute atomic E-state index is 0.187. The van der Waals surface area contributed by atoms with Gasteiger partial charge in [-0.15, -0.1) is 0 Å². The molecule has 0 radical (unpaired) electrons. The van der Waals surface area contributed by atoms with Crippen molar-refractivity contribution in [1.29, 1.82) is 0 Å². The molecule has 21 heavy (non-hydrogen) atoms. The molecular formula is C12H20O9. The van der Waals surface area contributed by atoms with Gasteiger partial charge in [-0.2, -0.15) is 0 Å². The van der Waals surface area contributed by atoms with Gasteiger partial charge < -0.3 is 28.4 Å². The highest BCUT2D eigenvalue weighted by Gasteiger charge is 2.15. The van der Waals surface area contributed by atoms with Crippen LogP contribution in [0.3, 0.4) is 0 Å². The van der Waals surface area contributed by atoms with E-state index < -0.39 is 30.7 Å². The Balaban J connectivity index is 3.79. The number of hydrogen-bond acceptors (Lipinski definition) is 9. The van der Waals surface area contributed by atoms with Crippen molar-refractivity contribution in [3.63, 3.8) is 0 Å². The number of carbonyl (C=O) groups excluding carboxylic acids is 3. The maximum Gasteiger partial charge on any atom is 0.508 e. The molecule has 2 atom stereocenters. The third kappa shape index (κ3) is 10.3. The van der Waals surface area contributed by atoms with Crippen LogP contribution in [0.15, 0.2) is 0 Å². The van der Waals surface area contributed by atoms with Crippen molar-refractivity contribution in [3.8, 4) is 0 Å². The first-order chi connectivity index (χ1) is 9.88. The molecule has 2 unspecified atom stereocenters. The molecule has 0 aliphatic rings. The summed E-state index contributed by atoms with van der Waals surface area (Å²) in [5.41, 5.74) is 0. The van der Waals surface area contributed by atoms with Crippen LogP contribution in [-0.2, 0) is 28.4 Å². The number of hydrogen-bond donors (Lipinski definition) is 0. The normalized spacial score (nSPS) is 12.6. The minimum atomic E-state index is -0.977. The SMILES string of the molecule is CCOC(=O)OC(C)COC(=O)OCC(C)OC(=O)OC. The van der Waals surface area contributed by atoms with Crippen LogP contribution in [0.25, 0.3) is 0 Å². The number of methoxy groups -OCH3 is 1. The second-order valence-electron chi connectivity index (χ2n) is 3.87. The molecule has 0 heterocycles. The molecule has 0 saturated heterocycles. The highest BCUT2D eigenvalue weighted by atomic mass is 16.8. The Kier molecular flexibility index (Phi) is 9.48. The maximum atomic E-state index is 11.2. The monoisotopic (exact) mass is 308 g/mol. The molecule has 0 aromatic carbocycles. The predicted molar refractivity (Wildman–Crippen MR) is 67.8 cm³/mol. The van der Waals surface area contributed by atoms with Crippen molar-refractivity contribution in [2.45, 2.75) is 33.0 Å². The van der Waals surface area contributed by atoms with E-state index in [-0.39, 0.29) is 19.8 Å². The second-order valence-corrected chi connectivity index (χ2v) is 3.87. The first-order valence-electron chi connectivity index (χ1n) is 6.26. The van der Waals surface area contributed by atoms with Crippen molar-refractivity contribution >= 4 is 18.5 Å². The van der Waals surface area contributed by atoms with Crippen LogP contribution in [0.2, 0.25) is 0 Å². The number of rotatable bonds is 7. The van der Waals surface area contributed by atoms with Gasteiger partial charge in [0, 0.05) is 0 Å². The van der Waals surface area contributed by atoms with Crippen molar-refractivity contribution in [2.24, 2.45) is 0 Å². The molecule has 0 saturated carbocycles. The smallest absolute Gasteiger partial charge is 0.438 e. The van der Waals surface area contributed by atoms with Crippen LogP contribution in [0.5, 0.6) is 0 Å². The lowest BCUT2D eigenvalue weighted by atomic mass is 10.4. The van der Waals surface area contributed by atoms with Gasteiger partial charge in [0.05, 0.1) is 13.7 Å². The second kappa shape index (κ2) is 10.6. The van der Waals surface area contributed by atoms with Crippen molar-refractivity contribution in [3.05, 3.63) is 0 Å². The van der Waals surface area contributed by atoms with Gasteiger partial charge in [-0.3, -0.25) is 0 Å². The first kappa shape index (κ1) is 18.8. The molecule has 0 amide bonds. The predicted octanol–water partition coefficient (Wildman–Crippen LogP) is 1.87. The van der Waals surface area contributed by atoms with Gasteiger partial charge >= 0.3 is 18.5 Å². The van der Waals surface area contributed by atoms with Crippen LogP contribution in [0.1, 0.15) is 20.8 Å². The number of carbonyl (C=O) groups is 3. The summed E-state index contributed by atoms with van der Waals surface area (Å²) >= 11 is 0. The van der Waals surface area contributed by atoms with Gasteiger partial charge in [0.25, 0.3) is 0 Å². The summed E-state index contributed by atoms with van der Waals surface area (Å²) in [5, 5.41) is 0. The topological polar surface area (TPSA) is 107 Å². The van der Waals surface area contributed by atoms with Crippen LogP contribution >= 0.6 is 0 Å². The third-order valence-electron chi connectivity index (χ3n) is 1.90. The highest BCUT2D eigenvalue weighted by molar-refractivity contribution is 5.61. The molecule has 0 aromatic heterocycles. The summed E-state index contributed by atoms with van der Waals surface area (Å²) < 4.78 is 27.6. The van der Waals surface area contributed by atoms with E-state index >= 15 is 0 Å². The summed E-state index contributed by atoms with van der Waals surface area (Å²) in [6.45, 7) is 4.47. The molecule has 0 N–H and O–H groups in total. The molecule has 9 nitrogen and oxygen atoms in total. The Morgan fingerprint density at radius 2 is 1.29 bits per heavy atom. The Bertz CT molecular complexity index is 342. The molecule has 0 aliphatic carbocycles. The molecule has 122 valence electrons. The molecule has 0 aliphatic heterocycles. The van der Waals surface area contributed by atoms with Crippen molar-refractivity contribution in [1.82, 2.24) is 0 Å². The first-order valence-corrected chi connectivity index (χ1v) is 6.26. The van der Waals surface area contributed by atoms with E-state index in [0.29, 0.717) is 0 Å². The molecule has 0 bridgehead atoms. The van der Waals surface area contributed by atoms with Gasteiger partial charge in [-0.05, 0) is 20.8 Å². The van der Waals surface area contributed by atoms with Crippen molar-refractivity contribution in [2.75, 3.05) is 26.9 Å². The van der Waals surface area contributed by atoms with E-state index in [1.807, 2.05) is 0 Å². The average molecular weight is 308 g/mol. The van der Waals surface area contributed by atoms with E-state index in [4.69, 9.17) is 9.47 Å². The average Bonchev–Trinajstić information content (AvgIpc) is 2.42. The Labute approximate surface area is 122 Å². The van der Waals surface area contributed by atoms with Gasteiger partial charge in [0.15, 0.2) is 0 Å². The summed E-state index contributed by atoms with van der Waals surface area (Å²) in [6, 6.07) is 0. The lowest BCUT2D eigenvalue weighted by Crippen LogP contribution is -2.26. The minimum Gasteiger partial charge on any atom is -0.438 e. The molecule has 0 aromatic rings. The summed E-state index contributed by atoms with van der Waals surface area (Å²) in [7, 11) is 1.16. The fraction of sp³-hybridized carbons (Fsp3) is 0.750. The zero-order chi connectivity index (χ0) is 16.3. The zero-order valence-electron chi connectivity index (χ0n) is 12.5. The molecule has 0 rings (SSSR count). The summed E-state index contributed by atoms with van der Waals surface area (Å²) in [6.07, 6.45) is -4.06. The molecule has 0 fully saturated rings. The van der Waals surface area contributed by atoms with Gasteiger partial charge in [-0.1, -0.05) is 0 Å². The molecule has 0 spiro atoms. The van der Waals surface area contributed by atoms with E-state index in [0.717, 1.165) is 7.11 Å². The lowest BCUT2D eigenvalue weighted by molar-refractivity contribution is -0.0245. The fourth-order valence-electron chi connectivity index (χ4n) is 1.01. The van der Waals surface area contributed by atoms with E-state index in [1.165, 1.54) is 13.8 Å². The Hall–Kier alpha value is -2.19. The molecule has 9 heteroatoms. The van der Waals surface area contributed by atoms with Gasteiger partial charge in [-0.25, -0.2) is 14.4 Å². The number of ether oxygens (including phenoxy) is 6. The van der Waals surface area contributed by atoms with E-state index in [1.54, 1.807) is 6.92 Å². The van der Waals surface area contributed by atoms with Crippen LogP contribution in [0, 0.1) is 0 Å². The standard InChI is InChI=1S/C12H20O9/c1-5-17-12(15)21-9(3)7-19-11(14)18-6-8(2)20-10(13)16-4/h8-9H,5-7H2,1-4H3. The van der Waals surface area contributed by atoms with Crippen LogP contribution < -0.4 is 0 Å². The summed E-state index contributed by atoms with van der Waals surface area (Å²) in [5.74, 6) is 0. The van der Waals surface area contributed by atoms with Crippen LogP contribution in [-0.4, -0.2) is 57.6 Å². The quantitative estimate of drug-likeness (QED) is 0.514.